The Morgan fingerprint density at radius 1 is 1.44 bits per heavy atom. The fraction of sp³-hybridized carbons (Fsp3) is 0.273. The quantitative estimate of drug-likeness (QED) is 0.650. The minimum Gasteiger partial charge on any atom is -0.330 e. The van der Waals surface area contributed by atoms with E-state index in [1.807, 2.05) is 26.0 Å². The lowest BCUT2D eigenvalue weighted by Gasteiger charge is -2.02. The summed E-state index contributed by atoms with van der Waals surface area (Å²) >= 11 is 0. The van der Waals surface area contributed by atoms with E-state index in [9.17, 15) is 4.79 Å². The molecular formula is C11H14BN3O. The smallest absolute Gasteiger partial charge is 0.258 e. The number of nitrogens with zero attached hydrogens (tertiary/aromatic N) is 1. The molecule has 1 heterocycles. The molecule has 1 aromatic heterocycles. The van der Waals surface area contributed by atoms with Gasteiger partial charge in [0.25, 0.3) is 5.56 Å². The number of nitrogens with two attached hydrogens (primary N) is 1. The lowest BCUT2D eigenvalue weighted by Crippen LogP contribution is -2.14. The van der Waals surface area contributed by atoms with Crippen molar-refractivity contribution in [1.29, 1.82) is 0 Å². The summed E-state index contributed by atoms with van der Waals surface area (Å²) in [6.45, 7) is 0.607. The number of hydrogen-bond acceptors (Lipinski definition) is 3. The second kappa shape index (κ2) is 4.49. The number of hydrogen-bond donors (Lipinski definition) is 2. The van der Waals surface area contributed by atoms with E-state index in [1.54, 1.807) is 0 Å². The van der Waals surface area contributed by atoms with Crippen LogP contribution in [0, 0.1) is 0 Å². The minimum atomic E-state index is -0.0722. The maximum Gasteiger partial charge on any atom is 0.258 e. The molecule has 0 amide bonds. The van der Waals surface area contributed by atoms with Crippen LogP contribution >= 0.6 is 0 Å². The molecule has 0 aliphatic heterocycles. The van der Waals surface area contributed by atoms with Crippen LogP contribution in [0.25, 0.3) is 10.9 Å². The number of H-pyrrole nitrogens is 1. The predicted octanol–water partition coefficient (Wildman–Crippen LogP) is -0.927. The summed E-state index contributed by atoms with van der Waals surface area (Å²) in [7, 11) is 1.99. The normalized spacial score (nSPS) is 10.8. The molecule has 0 atom stereocenters. The fourth-order valence-electron chi connectivity index (χ4n) is 1.69. The van der Waals surface area contributed by atoms with Crippen LogP contribution in [-0.2, 0) is 6.42 Å². The van der Waals surface area contributed by atoms with Gasteiger partial charge in [0.1, 0.15) is 13.7 Å². The van der Waals surface area contributed by atoms with Crippen LogP contribution in [0.4, 0.5) is 0 Å². The zero-order chi connectivity index (χ0) is 11.5. The molecule has 0 fully saturated rings. The number of nitrogens with one attached hydrogen (secondary N) is 1. The molecule has 0 unspecified atom stereocenters. The van der Waals surface area contributed by atoms with Crippen molar-refractivity contribution in [2.75, 3.05) is 6.54 Å². The molecule has 16 heavy (non-hydrogen) atoms. The van der Waals surface area contributed by atoms with Crippen molar-refractivity contribution in [3.63, 3.8) is 0 Å². The summed E-state index contributed by atoms with van der Waals surface area (Å²) in [6, 6.07) is 5.65. The number of benzene rings is 1. The zero-order valence-corrected chi connectivity index (χ0v) is 9.29. The van der Waals surface area contributed by atoms with E-state index in [4.69, 9.17) is 5.73 Å². The lowest BCUT2D eigenvalue weighted by atomic mass is 9.95. The molecule has 0 spiro atoms. The van der Waals surface area contributed by atoms with E-state index >= 15 is 0 Å². The first-order valence-electron chi connectivity index (χ1n) is 5.40. The zero-order valence-electron chi connectivity index (χ0n) is 9.29. The highest BCUT2D eigenvalue weighted by atomic mass is 16.1. The Morgan fingerprint density at radius 2 is 2.25 bits per heavy atom. The van der Waals surface area contributed by atoms with Crippen LogP contribution in [0.1, 0.15) is 12.2 Å². The summed E-state index contributed by atoms with van der Waals surface area (Å²) in [6.07, 6.45) is 1.55. The third-order valence-corrected chi connectivity index (χ3v) is 2.53. The summed E-state index contributed by atoms with van der Waals surface area (Å²) < 4.78 is 0. The van der Waals surface area contributed by atoms with E-state index in [0.29, 0.717) is 17.8 Å². The van der Waals surface area contributed by atoms with Crippen LogP contribution < -0.4 is 16.8 Å². The Labute approximate surface area is 94.3 Å². The molecule has 0 saturated carbocycles. The van der Waals surface area contributed by atoms with Gasteiger partial charge in [-0.15, -0.1) is 0 Å². The second-order valence-corrected chi connectivity index (χ2v) is 3.93. The third-order valence-electron chi connectivity index (χ3n) is 2.53. The van der Waals surface area contributed by atoms with Gasteiger partial charge in [-0.05, 0) is 25.1 Å². The average molecular weight is 215 g/mol. The number of aryl methyl sites for hydroxylation is 1. The van der Waals surface area contributed by atoms with E-state index < -0.39 is 0 Å². The van der Waals surface area contributed by atoms with Crippen molar-refractivity contribution in [3.8, 4) is 0 Å². The Kier molecular flexibility index (Phi) is 3.06. The van der Waals surface area contributed by atoms with E-state index in [1.165, 1.54) is 0 Å². The molecule has 0 saturated heterocycles. The van der Waals surface area contributed by atoms with Gasteiger partial charge in [-0.25, -0.2) is 4.98 Å². The van der Waals surface area contributed by atoms with Crippen LogP contribution in [0.5, 0.6) is 0 Å². The van der Waals surface area contributed by atoms with Crippen LogP contribution in [0.15, 0.2) is 23.0 Å². The molecule has 2 aromatic rings. The molecule has 2 rings (SSSR count). The van der Waals surface area contributed by atoms with Crippen molar-refractivity contribution in [3.05, 3.63) is 34.4 Å². The van der Waals surface area contributed by atoms with Crippen LogP contribution in [0.3, 0.4) is 0 Å². The summed E-state index contributed by atoms with van der Waals surface area (Å²) in [5.74, 6) is 0.716. The highest BCUT2D eigenvalue weighted by molar-refractivity contribution is 6.33. The number of rotatable bonds is 3. The molecule has 0 aliphatic carbocycles. The molecule has 0 bridgehead atoms. The average Bonchev–Trinajstić information content (AvgIpc) is 2.25. The SMILES string of the molecule is Bc1ccc2c(=O)[nH]c(CCCN)nc2c1. The standard InChI is InChI=1S/C11H14BN3O/c12-7-3-4-8-9(6-7)14-10(2-1-5-13)15-11(8)16/h3-4,6H,1-2,5,12-13H2,(H,14,15,16). The fourth-order valence-corrected chi connectivity index (χ4v) is 1.69. The van der Waals surface area contributed by atoms with Gasteiger partial charge in [0.15, 0.2) is 0 Å². The predicted molar refractivity (Wildman–Crippen MR) is 67.9 cm³/mol. The summed E-state index contributed by atoms with van der Waals surface area (Å²) in [5, 5.41) is 0.641. The second-order valence-electron chi connectivity index (χ2n) is 3.93. The molecule has 82 valence electrons. The van der Waals surface area contributed by atoms with Crippen molar-refractivity contribution in [2.45, 2.75) is 12.8 Å². The maximum absolute atomic E-state index is 11.7. The first kappa shape index (κ1) is 10.9. The van der Waals surface area contributed by atoms with Gasteiger partial charge in [-0.3, -0.25) is 4.79 Å². The van der Waals surface area contributed by atoms with E-state index in [2.05, 4.69) is 9.97 Å². The molecule has 0 aliphatic rings. The highest BCUT2D eigenvalue weighted by Crippen LogP contribution is 2.04. The van der Waals surface area contributed by atoms with Gasteiger partial charge in [-0.2, -0.15) is 0 Å². The Balaban J connectivity index is 2.52. The van der Waals surface area contributed by atoms with Crippen molar-refractivity contribution < 1.29 is 0 Å². The van der Waals surface area contributed by atoms with Gasteiger partial charge in [-0.1, -0.05) is 11.5 Å². The topological polar surface area (TPSA) is 71.8 Å². The van der Waals surface area contributed by atoms with Gasteiger partial charge in [0, 0.05) is 6.42 Å². The van der Waals surface area contributed by atoms with Gasteiger partial charge >= 0.3 is 0 Å². The van der Waals surface area contributed by atoms with E-state index in [0.717, 1.165) is 23.8 Å². The molecule has 5 heteroatoms. The van der Waals surface area contributed by atoms with Gasteiger partial charge in [0.2, 0.25) is 0 Å². The van der Waals surface area contributed by atoms with Crippen molar-refractivity contribution >= 4 is 24.2 Å². The molecule has 1 aromatic carbocycles. The molecule has 0 radical (unpaired) electrons. The molecule has 3 N–H and O–H groups in total. The Morgan fingerprint density at radius 3 is 3.00 bits per heavy atom. The summed E-state index contributed by atoms with van der Waals surface area (Å²) in [5.41, 5.74) is 7.23. The van der Waals surface area contributed by atoms with Gasteiger partial charge in [0.05, 0.1) is 10.9 Å². The lowest BCUT2D eigenvalue weighted by molar-refractivity contribution is 0.782. The number of aromatic amines is 1. The Hall–Kier alpha value is -1.62. The third kappa shape index (κ3) is 2.14. The van der Waals surface area contributed by atoms with Crippen molar-refractivity contribution in [1.82, 2.24) is 9.97 Å². The van der Waals surface area contributed by atoms with E-state index in [-0.39, 0.29) is 5.56 Å². The monoisotopic (exact) mass is 215 g/mol. The highest BCUT2D eigenvalue weighted by Gasteiger charge is 2.03. The number of aromatic nitrogens is 2. The largest absolute Gasteiger partial charge is 0.330 e. The first-order chi connectivity index (χ1) is 7.70. The van der Waals surface area contributed by atoms with Crippen LogP contribution in [0.2, 0.25) is 0 Å². The van der Waals surface area contributed by atoms with Gasteiger partial charge < -0.3 is 10.7 Å². The maximum atomic E-state index is 11.7. The summed E-state index contributed by atoms with van der Waals surface area (Å²) in [4.78, 5) is 19.0. The van der Waals surface area contributed by atoms with Crippen LogP contribution in [-0.4, -0.2) is 24.4 Å². The first-order valence-corrected chi connectivity index (χ1v) is 5.40. The molecule has 4 nitrogen and oxygen atoms in total. The number of fused-ring (bicyclic) bond motifs is 1. The molecular weight excluding hydrogens is 201 g/mol. The Bertz CT molecular complexity index is 565. The van der Waals surface area contributed by atoms with Crippen molar-refractivity contribution in [2.24, 2.45) is 5.73 Å². The minimum absolute atomic E-state index is 0.0722.